The van der Waals surface area contributed by atoms with Crippen LogP contribution in [-0.2, 0) is 0 Å². The fourth-order valence-electron chi connectivity index (χ4n) is 1.81. The molecule has 0 aliphatic rings. The smallest absolute Gasteiger partial charge is 0.225 e. The molecule has 0 fully saturated rings. The van der Waals surface area contributed by atoms with Crippen LogP contribution in [0.5, 0.6) is 0 Å². The second-order valence-electron chi connectivity index (χ2n) is 3.41. The van der Waals surface area contributed by atoms with Gasteiger partial charge in [0, 0.05) is 23.7 Å². The molecule has 0 aliphatic carbocycles. The first kappa shape index (κ1) is 8.17. The largest absolute Gasteiger partial charge is 0.618 e. The summed E-state index contributed by atoms with van der Waals surface area (Å²) in [6, 6.07) is 11.3. The van der Waals surface area contributed by atoms with Crippen LogP contribution < -0.4 is 4.73 Å². The number of hydrogen-bond acceptors (Lipinski definition) is 2. The summed E-state index contributed by atoms with van der Waals surface area (Å²) < 4.78 is 0.865. The van der Waals surface area contributed by atoms with Gasteiger partial charge in [0.2, 0.25) is 5.52 Å². The standard InChI is InChI=1S/C12H8N2O/c15-14-8-2-4-10-11(14)6-5-9-3-1-7-13-12(9)10/h1-8H. The monoisotopic (exact) mass is 196 g/mol. The van der Waals surface area contributed by atoms with Crippen molar-refractivity contribution in [3.63, 3.8) is 0 Å². The van der Waals surface area contributed by atoms with Crippen molar-refractivity contribution in [2.75, 3.05) is 0 Å². The molecule has 0 atom stereocenters. The maximum absolute atomic E-state index is 11.5. The number of benzene rings is 1. The Morgan fingerprint density at radius 2 is 2.00 bits per heavy atom. The molecule has 0 saturated heterocycles. The Morgan fingerprint density at radius 1 is 1.07 bits per heavy atom. The lowest BCUT2D eigenvalue weighted by Crippen LogP contribution is -2.25. The summed E-state index contributed by atoms with van der Waals surface area (Å²) in [4.78, 5) is 4.30. The van der Waals surface area contributed by atoms with Gasteiger partial charge in [-0.05, 0) is 18.2 Å². The van der Waals surface area contributed by atoms with Crippen LogP contribution >= 0.6 is 0 Å². The highest BCUT2D eigenvalue weighted by atomic mass is 16.5. The highest BCUT2D eigenvalue weighted by Crippen LogP contribution is 2.20. The molecule has 1 aromatic carbocycles. The quantitative estimate of drug-likeness (QED) is 0.313. The maximum Gasteiger partial charge on any atom is 0.225 e. The van der Waals surface area contributed by atoms with Crippen molar-refractivity contribution in [1.82, 2.24) is 4.98 Å². The number of pyridine rings is 2. The average molecular weight is 196 g/mol. The first-order valence-corrected chi connectivity index (χ1v) is 4.72. The van der Waals surface area contributed by atoms with Crippen LogP contribution in [0.4, 0.5) is 0 Å². The highest BCUT2D eigenvalue weighted by Gasteiger charge is 2.06. The zero-order chi connectivity index (χ0) is 10.3. The molecule has 15 heavy (non-hydrogen) atoms. The van der Waals surface area contributed by atoms with Gasteiger partial charge in [0.25, 0.3) is 0 Å². The Labute approximate surface area is 86.2 Å². The molecule has 3 rings (SSSR count). The first-order chi connectivity index (χ1) is 7.36. The SMILES string of the molecule is [O-][n+]1cccc2c3ncccc3ccc21. The van der Waals surface area contributed by atoms with Crippen molar-refractivity contribution in [3.05, 3.63) is 54.0 Å². The summed E-state index contributed by atoms with van der Waals surface area (Å²) >= 11 is 0. The van der Waals surface area contributed by atoms with E-state index >= 15 is 0 Å². The van der Waals surface area contributed by atoms with Gasteiger partial charge < -0.3 is 5.21 Å². The van der Waals surface area contributed by atoms with Crippen molar-refractivity contribution in [3.8, 4) is 0 Å². The minimum Gasteiger partial charge on any atom is -0.618 e. The van der Waals surface area contributed by atoms with E-state index in [2.05, 4.69) is 4.98 Å². The second-order valence-corrected chi connectivity index (χ2v) is 3.41. The molecule has 2 heterocycles. The number of aromatic nitrogens is 2. The van der Waals surface area contributed by atoms with E-state index in [-0.39, 0.29) is 0 Å². The summed E-state index contributed by atoms with van der Waals surface area (Å²) in [6.07, 6.45) is 3.24. The highest BCUT2D eigenvalue weighted by molar-refractivity contribution is 6.02. The van der Waals surface area contributed by atoms with Crippen LogP contribution in [0.2, 0.25) is 0 Å². The Kier molecular flexibility index (Phi) is 1.59. The molecule has 0 radical (unpaired) electrons. The molecule has 3 heteroatoms. The van der Waals surface area contributed by atoms with Gasteiger partial charge in [0.05, 0.1) is 10.9 Å². The molecular formula is C12H8N2O. The molecule has 3 nitrogen and oxygen atoms in total. The van der Waals surface area contributed by atoms with Crippen LogP contribution in [0.3, 0.4) is 0 Å². The topological polar surface area (TPSA) is 39.8 Å². The summed E-state index contributed by atoms with van der Waals surface area (Å²) in [5, 5.41) is 13.5. The summed E-state index contributed by atoms with van der Waals surface area (Å²) in [5.41, 5.74) is 1.53. The van der Waals surface area contributed by atoms with E-state index in [0.717, 1.165) is 21.0 Å². The number of hydrogen-bond donors (Lipinski definition) is 0. The zero-order valence-corrected chi connectivity index (χ0v) is 7.92. The molecular weight excluding hydrogens is 188 g/mol. The van der Waals surface area contributed by atoms with Gasteiger partial charge in [-0.25, -0.2) is 0 Å². The number of rotatable bonds is 0. The molecule has 0 spiro atoms. The lowest BCUT2D eigenvalue weighted by molar-refractivity contribution is -0.576. The van der Waals surface area contributed by atoms with Crippen molar-refractivity contribution in [2.24, 2.45) is 0 Å². The first-order valence-electron chi connectivity index (χ1n) is 4.72. The third-order valence-corrected chi connectivity index (χ3v) is 2.51. The van der Waals surface area contributed by atoms with Crippen LogP contribution in [0.1, 0.15) is 0 Å². The Bertz CT molecular complexity index is 649. The molecule has 0 aliphatic heterocycles. The fraction of sp³-hybridized carbons (Fsp3) is 0. The third kappa shape index (κ3) is 1.13. The van der Waals surface area contributed by atoms with Gasteiger partial charge >= 0.3 is 0 Å². The van der Waals surface area contributed by atoms with E-state index in [1.165, 1.54) is 6.20 Å². The van der Waals surface area contributed by atoms with Gasteiger partial charge in [-0.1, -0.05) is 6.07 Å². The van der Waals surface area contributed by atoms with Gasteiger partial charge in [0.15, 0.2) is 6.20 Å². The van der Waals surface area contributed by atoms with E-state index in [4.69, 9.17) is 0 Å². The number of nitrogens with zero attached hydrogens (tertiary/aromatic N) is 2. The molecule has 0 bridgehead atoms. The van der Waals surface area contributed by atoms with Crippen molar-refractivity contribution >= 4 is 21.8 Å². The molecule has 3 aromatic rings. The molecule has 0 unspecified atom stereocenters. The maximum atomic E-state index is 11.5. The van der Waals surface area contributed by atoms with Gasteiger partial charge in [0.1, 0.15) is 0 Å². The lowest BCUT2D eigenvalue weighted by Gasteiger charge is -2.03. The van der Waals surface area contributed by atoms with E-state index in [0.29, 0.717) is 5.52 Å². The van der Waals surface area contributed by atoms with Gasteiger partial charge in [-0.2, -0.15) is 4.73 Å². The van der Waals surface area contributed by atoms with E-state index in [1.54, 1.807) is 12.3 Å². The van der Waals surface area contributed by atoms with Gasteiger partial charge in [-0.3, -0.25) is 4.98 Å². The Hall–Kier alpha value is -2.16. The minimum atomic E-state index is 0.656. The van der Waals surface area contributed by atoms with E-state index < -0.39 is 0 Å². The normalized spacial score (nSPS) is 10.9. The van der Waals surface area contributed by atoms with E-state index in [1.807, 2.05) is 30.3 Å². The molecule has 0 amide bonds. The molecule has 72 valence electrons. The Morgan fingerprint density at radius 3 is 2.93 bits per heavy atom. The second kappa shape index (κ2) is 2.92. The lowest BCUT2D eigenvalue weighted by atomic mass is 10.1. The predicted octanol–water partition coefficient (Wildman–Crippen LogP) is 2.02. The summed E-state index contributed by atoms with van der Waals surface area (Å²) in [6.45, 7) is 0. The average Bonchev–Trinajstić information content (AvgIpc) is 2.29. The van der Waals surface area contributed by atoms with Crippen LogP contribution in [0, 0.1) is 5.21 Å². The number of fused-ring (bicyclic) bond motifs is 3. The summed E-state index contributed by atoms with van der Waals surface area (Å²) in [5.74, 6) is 0. The molecule has 0 saturated carbocycles. The zero-order valence-electron chi connectivity index (χ0n) is 7.92. The summed E-state index contributed by atoms with van der Waals surface area (Å²) in [7, 11) is 0. The van der Waals surface area contributed by atoms with Gasteiger partial charge in [-0.15, -0.1) is 0 Å². The molecule has 0 N–H and O–H groups in total. The fourth-order valence-corrected chi connectivity index (χ4v) is 1.81. The van der Waals surface area contributed by atoms with E-state index in [9.17, 15) is 5.21 Å². The predicted molar refractivity (Wildman–Crippen MR) is 58.2 cm³/mol. The van der Waals surface area contributed by atoms with Crippen molar-refractivity contribution < 1.29 is 4.73 Å². The van der Waals surface area contributed by atoms with Crippen LogP contribution in [0.15, 0.2) is 48.8 Å². The molecule has 2 aromatic heterocycles. The van der Waals surface area contributed by atoms with Crippen LogP contribution in [0.25, 0.3) is 21.8 Å². The Balaban J connectivity index is 2.60. The third-order valence-electron chi connectivity index (χ3n) is 2.51. The van der Waals surface area contributed by atoms with Crippen molar-refractivity contribution in [2.45, 2.75) is 0 Å². The van der Waals surface area contributed by atoms with Crippen LogP contribution in [-0.4, -0.2) is 4.98 Å². The minimum absolute atomic E-state index is 0.656. The van der Waals surface area contributed by atoms with Crippen molar-refractivity contribution in [1.29, 1.82) is 0 Å².